The maximum atomic E-state index is 13.5. The lowest BCUT2D eigenvalue weighted by Gasteiger charge is -2.37. The van der Waals surface area contributed by atoms with E-state index in [0.29, 0.717) is 5.56 Å². The molecular formula is C23H35N3O6S. The van der Waals surface area contributed by atoms with Crippen LogP contribution in [0.1, 0.15) is 33.3 Å². The van der Waals surface area contributed by atoms with Crippen LogP contribution in [-0.4, -0.2) is 87.4 Å². The average molecular weight is 482 g/mol. The van der Waals surface area contributed by atoms with Crippen LogP contribution in [-0.2, 0) is 14.8 Å². The second kappa shape index (κ2) is 11.7. The number of hydrogen-bond donors (Lipinski definition) is 2. The van der Waals surface area contributed by atoms with Crippen LogP contribution < -0.4 is 10.1 Å². The molecule has 1 heterocycles. The van der Waals surface area contributed by atoms with E-state index in [2.05, 4.69) is 17.2 Å². The molecular weight excluding hydrogens is 446 g/mol. The zero-order chi connectivity index (χ0) is 24.8. The van der Waals surface area contributed by atoms with E-state index in [1.807, 2.05) is 20.8 Å². The van der Waals surface area contributed by atoms with Crippen molar-refractivity contribution in [3.63, 3.8) is 0 Å². The van der Waals surface area contributed by atoms with Crippen LogP contribution in [0.5, 0.6) is 5.75 Å². The van der Waals surface area contributed by atoms with Crippen LogP contribution in [0.15, 0.2) is 23.1 Å². The van der Waals surface area contributed by atoms with Crippen LogP contribution in [0.25, 0.3) is 0 Å². The maximum absolute atomic E-state index is 13.5. The smallest absolute Gasteiger partial charge is 0.317 e. The van der Waals surface area contributed by atoms with Crippen LogP contribution in [0.4, 0.5) is 4.79 Å². The van der Waals surface area contributed by atoms with Crippen LogP contribution in [0.2, 0.25) is 0 Å². The molecule has 0 aliphatic carbocycles. The SMILES string of the molecule is COCC#Cc1ccc2c(c1)O[C@H](CN(C)C(=O)NC(C)C)[C@@H](C)CN([C@@H](C)CO)S2(=O)=O. The minimum atomic E-state index is -3.93. The second-order valence-corrected chi connectivity index (χ2v) is 10.5. The molecule has 1 aliphatic rings. The summed E-state index contributed by atoms with van der Waals surface area (Å²) >= 11 is 0. The number of urea groups is 1. The van der Waals surface area contributed by atoms with E-state index in [-0.39, 0.29) is 54.9 Å². The topological polar surface area (TPSA) is 108 Å². The first-order valence-electron chi connectivity index (χ1n) is 10.9. The number of hydrogen-bond acceptors (Lipinski definition) is 6. The molecule has 0 saturated heterocycles. The van der Waals surface area contributed by atoms with Gasteiger partial charge in [0.2, 0.25) is 10.0 Å². The lowest BCUT2D eigenvalue weighted by Crippen LogP contribution is -2.51. The van der Waals surface area contributed by atoms with Crippen molar-refractivity contribution in [2.75, 3.05) is 40.5 Å². The highest BCUT2D eigenvalue weighted by atomic mass is 32.2. The number of methoxy groups -OCH3 is 1. The molecule has 2 amide bonds. The van der Waals surface area contributed by atoms with Gasteiger partial charge >= 0.3 is 6.03 Å². The zero-order valence-electron chi connectivity index (χ0n) is 20.2. The van der Waals surface area contributed by atoms with Gasteiger partial charge in [0.15, 0.2) is 0 Å². The number of carbonyl (C=O) groups excluding carboxylic acids is 1. The molecule has 1 aromatic rings. The first kappa shape index (κ1) is 26.9. The maximum Gasteiger partial charge on any atom is 0.317 e. The summed E-state index contributed by atoms with van der Waals surface area (Å²) in [5.41, 5.74) is 0.584. The van der Waals surface area contributed by atoms with Gasteiger partial charge in [-0.15, -0.1) is 0 Å². The van der Waals surface area contributed by atoms with Gasteiger partial charge in [0.25, 0.3) is 0 Å². The standard InChI is InChI=1S/C23H35N3O6S/c1-16(2)24-23(28)25(5)14-21-17(3)13-26(18(4)15-27)33(29,30)22-10-9-19(8-7-11-31-6)12-20(22)32-21/h9-10,12,16-18,21,27H,11,13-15H2,1-6H3,(H,24,28)/t17-,18-,21+/m0/s1. The third-order valence-corrected chi connectivity index (χ3v) is 7.35. The van der Waals surface area contributed by atoms with Crippen molar-refractivity contribution in [2.24, 2.45) is 5.92 Å². The molecule has 184 valence electrons. The molecule has 2 N–H and O–H groups in total. The minimum Gasteiger partial charge on any atom is -0.487 e. The Balaban J connectivity index is 2.50. The van der Waals surface area contributed by atoms with Crippen LogP contribution >= 0.6 is 0 Å². The molecule has 2 rings (SSSR count). The van der Waals surface area contributed by atoms with E-state index in [1.165, 1.54) is 15.3 Å². The Morgan fingerprint density at radius 3 is 2.70 bits per heavy atom. The van der Waals surface area contributed by atoms with Crippen LogP contribution in [0.3, 0.4) is 0 Å². The van der Waals surface area contributed by atoms with E-state index >= 15 is 0 Å². The Hall–Kier alpha value is -2.32. The summed E-state index contributed by atoms with van der Waals surface area (Å²) in [6.45, 7) is 7.61. The third kappa shape index (κ3) is 6.84. The summed E-state index contributed by atoms with van der Waals surface area (Å²) < 4.78 is 39.4. The van der Waals surface area contributed by atoms with E-state index in [1.54, 1.807) is 33.2 Å². The summed E-state index contributed by atoms with van der Waals surface area (Å²) in [5, 5.41) is 12.6. The number of ether oxygens (including phenoxy) is 2. The van der Waals surface area contributed by atoms with Crippen molar-refractivity contribution in [2.45, 2.75) is 50.8 Å². The molecule has 0 bridgehead atoms. The van der Waals surface area contributed by atoms with Gasteiger partial charge in [0, 0.05) is 44.3 Å². The highest BCUT2D eigenvalue weighted by molar-refractivity contribution is 7.89. The highest BCUT2D eigenvalue weighted by Gasteiger charge is 2.38. The number of fused-ring (bicyclic) bond motifs is 1. The second-order valence-electron chi connectivity index (χ2n) is 8.62. The first-order chi connectivity index (χ1) is 15.5. The molecule has 0 saturated carbocycles. The number of aliphatic hydroxyl groups is 1. The van der Waals surface area contributed by atoms with Gasteiger partial charge < -0.3 is 24.8 Å². The molecule has 3 atom stereocenters. The fourth-order valence-corrected chi connectivity index (χ4v) is 5.27. The predicted molar refractivity (Wildman–Crippen MR) is 126 cm³/mol. The van der Waals surface area contributed by atoms with Gasteiger partial charge in [-0.05, 0) is 39.0 Å². The van der Waals surface area contributed by atoms with Gasteiger partial charge in [-0.2, -0.15) is 4.31 Å². The highest BCUT2D eigenvalue weighted by Crippen LogP contribution is 2.34. The molecule has 0 spiro atoms. The lowest BCUT2D eigenvalue weighted by molar-refractivity contribution is 0.0809. The Kier molecular flexibility index (Phi) is 9.55. The normalized spacial score (nSPS) is 21.0. The predicted octanol–water partition coefficient (Wildman–Crippen LogP) is 1.50. The van der Waals surface area contributed by atoms with E-state index in [9.17, 15) is 18.3 Å². The number of carbonyl (C=O) groups is 1. The number of benzene rings is 1. The molecule has 0 radical (unpaired) electrons. The van der Waals surface area contributed by atoms with Crippen molar-refractivity contribution >= 4 is 16.1 Å². The summed E-state index contributed by atoms with van der Waals surface area (Å²) in [6.07, 6.45) is -0.488. The summed E-state index contributed by atoms with van der Waals surface area (Å²) in [4.78, 5) is 14.0. The van der Waals surface area contributed by atoms with Crippen LogP contribution in [0, 0.1) is 17.8 Å². The van der Waals surface area contributed by atoms with Crippen molar-refractivity contribution in [3.05, 3.63) is 23.8 Å². The summed E-state index contributed by atoms with van der Waals surface area (Å²) in [6, 6.07) is 3.81. The molecule has 10 heteroatoms. The molecule has 0 aromatic heterocycles. The number of amides is 2. The van der Waals surface area contributed by atoms with E-state index < -0.39 is 22.2 Å². The van der Waals surface area contributed by atoms with E-state index in [0.717, 1.165) is 0 Å². The number of rotatable bonds is 6. The number of sulfonamides is 1. The summed E-state index contributed by atoms with van der Waals surface area (Å²) in [5.74, 6) is 5.68. The first-order valence-corrected chi connectivity index (χ1v) is 12.4. The van der Waals surface area contributed by atoms with Gasteiger partial charge in [-0.1, -0.05) is 18.8 Å². The van der Waals surface area contributed by atoms with Crippen molar-refractivity contribution in [1.82, 2.24) is 14.5 Å². The Labute approximate surface area is 197 Å². The number of aliphatic hydroxyl groups excluding tert-OH is 1. The zero-order valence-corrected chi connectivity index (χ0v) is 21.0. The fraction of sp³-hybridized carbons (Fsp3) is 0.609. The molecule has 9 nitrogen and oxygen atoms in total. The van der Waals surface area contributed by atoms with E-state index in [4.69, 9.17) is 9.47 Å². The number of nitrogens with one attached hydrogen (secondary N) is 1. The van der Waals surface area contributed by atoms with Crippen molar-refractivity contribution in [1.29, 1.82) is 0 Å². The molecule has 1 aromatic carbocycles. The largest absolute Gasteiger partial charge is 0.487 e. The number of nitrogens with zero attached hydrogens (tertiary/aromatic N) is 2. The van der Waals surface area contributed by atoms with Gasteiger partial charge in [-0.25, -0.2) is 13.2 Å². The lowest BCUT2D eigenvalue weighted by atomic mass is 10.0. The quantitative estimate of drug-likeness (QED) is 0.596. The molecule has 0 unspecified atom stereocenters. The average Bonchev–Trinajstić information content (AvgIpc) is 2.75. The van der Waals surface area contributed by atoms with Crippen molar-refractivity contribution in [3.8, 4) is 17.6 Å². The number of likely N-dealkylation sites (N-methyl/N-ethyl adjacent to an activating group) is 1. The van der Waals surface area contributed by atoms with Gasteiger partial charge in [-0.3, -0.25) is 0 Å². The Bertz CT molecular complexity index is 986. The summed E-state index contributed by atoms with van der Waals surface area (Å²) in [7, 11) is -0.717. The Morgan fingerprint density at radius 1 is 1.39 bits per heavy atom. The molecule has 1 aliphatic heterocycles. The monoisotopic (exact) mass is 481 g/mol. The minimum absolute atomic E-state index is 0.00581. The third-order valence-electron chi connectivity index (χ3n) is 5.33. The van der Waals surface area contributed by atoms with Crippen molar-refractivity contribution < 1.29 is 27.8 Å². The van der Waals surface area contributed by atoms with Gasteiger partial charge in [0.05, 0.1) is 13.2 Å². The molecule has 0 fully saturated rings. The Morgan fingerprint density at radius 2 is 2.09 bits per heavy atom. The molecule has 33 heavy (non-hydrogen) atoms. The van der Waals surface area contributed by atoms with Gasteiger partial charge in [0.1, 0.15) is 23.4 Å². The fourth-order valence-electron chi connectivity index (χ4n) is 3.44.